The fourth-order valence-electron chi connectivity index (χ4n) is 9.91. The molecule has 7 heterocycles. The fourth-order valence-corrected chi connectivity index (χ4v) is 19.1. The van der Waals surface area contributed by atoms with Gasteiger partial charge in [-0.1, -0.05) is 48.5 Å². The van der Waals surface area contributed by atoms with Gasteiger partial charge in [-0.15, -0.1) is 0 Å². The molecule has 0 fully saturated rings. The van der Waals surface area contributed by atoms with Gasteiger partial charge in [0.15, 0.2) is 68.9 Å². The number of carboxylic acids is 4. The van der Waals surface area contributed by atoms with Gasteiger partial charge in [-0.2, -0.15) is 0 Å². The molecule has 0 saturated heterocycles. The van der Waals surface area contributed by atoms with E-state index in [1.54, 1.807) is 0 Å². The first-order valence-electron chi connectivity index (χ1n) is 40.1. The Balaban J connectivity index is -0.00000130. The van der Waals surface area contributed by atoms with Crippen molar-refractivity contribution in [1.29, 1.82) is 0 Å². The molecule has 0 bridgehead atoms. The fraction of sp³-hybridized carbons (Fsp3) is 0.662. The number of sulfone groups is 7. The molecule has 7 aromatic rings. The van der Waals surface area contributed by atoms with Crippen LogP contribution in [0.5, 0.6) is 0 Å². The molecule has 0 unspecified atom stereocenters. The topological polar surface area (TPSA) is 530 Å². The van der Waals surface area contributed by atoms with Crippen LogP contribution >= 0.6 is 0 Å². The van der Waals surface area contributed by atoms with Gasteiger partial charge in [0, 0.05) is 0 Å². The second kappa shape index (κ2) is 63.8. The Morgan fingerprint density at radius 3 is 0.388 bits per heavy atom. The lowest BCUT2D eigenvalue weighted by Crippen LogP contribution is -2.56. The third kappa shape index (κ3) is 62.7. The number of rotatable bonds is 42. The van der Waals surface area contributed by atoms with Gasteiger partial charge in [-0.3, -0.25) is 7.32 Å². The largest absolute Gasteiger partial charge is 0.907 e. The predicted molar refractivity (Wildman–Crippen MR) is 441 cm³/mol. The Labute approximate surface area is 718 Å². The van der Waals surface area contributed by atoms with E-state index in [-0.39, 0.29) is 40.3 Å². The summed E-state index contributed by atoms with van der Waals surface area (Å²) in [6.45, 7) is 37.8. The van der Waals surface area contributed by atoms with E-state index in [0.29, 0.717) is 131 Å². The molecule has 0 aliphatic rings. The molecule has 47 heteroatoms. The maximum atomic E-state index is 11.5. The normalized spacial score (nSPS) is 11.2. The molecule has 0 amide bonds. The number of carboxylic acid groups (broad SMARTS) is 4. The Kier molecular flexibility index (Phi) is 61.8. The lowest BCUT2D eigenvalue weighted by Gasteiger charge is -2.35. The van der Waals surface area contributed by atoms with Gasteiger partial charge in [0.05, 0.1) is 150 Å². The van der Waals surface area contributed by atoms with Crippen LogP contribution in [0.15, 0.2) is 131 Å². The highest BCUT2D eigenvalue weighted by molar-refractivity contribution is 7.92. The van der Waals surface area contributed by atoms with Gasteiger partial charge in [-0.25, -0.2) is 123 Å². The number of nitrogens with zero attached hydrogens (tertiary/aromatic N) is 14. The van der Waals surface area contributed by atoms with Crippen molar-refractivity contribution < 1.29 is 146 Å². The molecule has 0 saturated carbocycles. The first-order chi connectivity index (χ1) is 56.5. The Morgan fingerprint density at radius 2 is 0.322 bits per heavy atom. The van der Waals surface area contributed by atoms with Crippen LogP contribution < -0.4 is 67.5 Å². The zero-order valence-corrected chi connectivity index (χ0v) is 78.5. The van der Waals surface area contributed by atoms with Gasteiger partial charge in [0.1, 0.15) is 133 Å². The molecule has 7 aromatic heterocycles. The number of hydrogen-bond donors (Lipinski definition) is 0. The summed E-state index contributed by atoms with van der Waals surface area (Å²) in [6.07, 6.45) is 45.4. The van der Waals surface area contributed by atoms with Crippen LogP contribution in [0.25, 0.3) is 0 Å². The average Bonchev–Trinajstić information content (AvgIpc) is 1.51. The van der Waals surface area contributed by atoms with Crippen molar-refractivity contribution in [2.75, 3.05) is 80.5 Å². The van der Waals surface area contributed by atoms with Crippen LogP contribution in [0.2, 0.25) is 0 Å². The smallest absolute Gasteiger partial charge is 0.243 e. The maximum Gasteiger partial charge on any atom is 0.243 e. The Bertz CT molecular complexity index is 4030. The zero-order chi connectivity index (χ0) is 93.1. The highest BCUT2D eigenvalue weighted by Crippen LogP contribution is 2.01. The highest BCUT2D eigenvalue weighted by Gasteiger charge is 2.19. The quantitative estimate of drug-likeness (QED) is 0.0195. The minimum atomic E-state index is -2.92. The number of aromatic nitrogens is 14. The number of aryl methyl sites for hydroxylation is 14. The monoisotopic (exact) mass is 1850 g/mol. The molecule has 694 valence electrons. The highest BCUT2D eigenvalue weighted by atomic mass is 32.2. The molecule has 39 nitrogen and oxygen atoms in total. The summed E-state index contributed by atoms with van der Waals surface area (Å²) in [4.78, 5) is 35.7. The van der Waals surface area contributed by atoms with Crippen LogP contribution in [-0.2, 0) is 180 Å². The van der Waals surface area contributed by atoms with Crippen molar-refractivity contribution in [3.63, 3.8) is 0 Å². The molecule has 0 aliphatic heterocycles. The molecule has 0 aromatic carbocycles. The molecule has 0 atom stereocenters. The lowest BCUT2D eigenvalue weighted by molar-refractivity contribution is -0.692. The van der Waals surface area contributed by atoms with E-state index >= 15 is 0 Å². The minimum absolute atomic E-state index is 0.235. The number of imidazole rings is 7. The summed E-state index contributed by atoms with van der Waals surface area (Å²) in [5, 5.41) is 61.0. The Hall–Kier alpha value is -8.06. The molecule has 0 spiro atoms. The average molecular weight is 1850 g/mol. The van der Waals surface area contributed by atoms with Gasteiger partial charge in [-0.05, 0) is 93.4 Å². The maximum absolute atomic E-state index is 11.5. The third-order valence-corrected chi connectivity index (χ3v) is 29.2. The van der Waals surface area contributed by atoms with E-state index in [9.17, 15) is 58.9 Å². The first-order valence-corrected chi connectivity index (χ1v) is 52.9. The van der Waals surface area contributed by atoms with E-state index in [2.05, 4.69) is 48.5 Å². The van der Waals surface area contributed by atoms with Crippen molar-refractivity contribution in [3.8, 4) is 0 Å². The second-order valence-electron chi connectivity index (χ2n) is 26.9. The van der Waals surface area contributed by atoms with E-state index in [1.165, 1.54) is 0 Å². The molecule has 121 heavy (non-hydrogen) atoms. The third-order valence-electron chi connectivity index (χ3n) is 16.3. The predicted octanol–water partition coefficient (Wildman–Crippen LogP) is -6.63. The van der Waals surface area contributed by atoms with E-state index in [4.69, 9.17) is 54.7 Å². The molecule has 0 N–H and O–H groups in total. The van der Waals surface area contributed by atoms with Crippen LogP contribution in [0.4, 0.5) is 0 Å². The summed E-state index contributed by atoms with van der Waals surface area (Å²) in [7, 11) is -22.9. The van der Waals surface area contributed by atoms with E-state index in [1.807, 2.05) is 243 Å². The lowest BCUT2D eigenvalue weighted by atomic mass is 10.3. The second-order valence-corrected chi connectivity index (χ2v) is 43.0. The minimum Gasteiger partial charge on any atom is -0.907 e. The van der Waals surface area contributed by atoms with E-state index in [0.717, 1.165) is 45.8 Å². The SMILES string of the molecule is CCCS(=O)(=O)CC[n+]1ccn(CC)c1.CCCS(=O)(=O)CC[n+]1ccn(CC)c1.CCCS(=O)(=O)CC[n+]1ccn(CC)c1.CCCS(=O)(=O)CC[n+]1ccn(CC)c1.CCCS(=O)(=O)CC[n+]1ccn(CC)c1.CCCS(=O)(=O)CC[n+]1ccn(CC)c1.CCCS(=O)(=O)CC[n+]1ccn(CC)c1.O=C([O-])C(=O)[O-].O=C([O-])C(=O)[O-].[O-]B([O-])[O-]. The molecule has 7 rings (SSSR count). The summed E-state index contributed by atoms with van der Waals surface area (Å²) < 4.78 is 188. The van der Waals surface area contributed by atoms with Gasteiger partial charge >= 0.3 is 0 Å². The van der Waals surface area contributed by atoms with Crippen molar-refractivity contribution in [2.24, 2.45) is 0 Å². The van der Waals surface area contributed by atoms with Gasteiger partial charge < -0.3 is 54.7 Å². The molecular weight excluding hydrogens is 1720 g/mol. The first kappa shape index (κ1) is 117. The molecular formula is C74H133BN14O25S7. The van der Waals surface area contributed by atoms with Crippen LogP contribution in [0.1, 0.15) is 142 Å². The zero-order valence-electron chi connectivity index (χ0n) is 72.8. The number of hydrogen-bond acceptors (Lipinski definition) is 25. The summed E-state index contributed by atoms with van der Waals surface area (Å²) in [5.74, 6) is -5.04. The van der Waals surface area contributed by atoms with Crippen LogP contribution in [-0.4, -0.2) is 203 Å². The van der Waals surface area contributed by atoms with E-state index < -0.39 is 100 Å². The van der Waals surface area contributed by atoms with Crippen molar-refractivity contribution in [2.45, 2.75) is 234 Å². The van der Waals surface area contributed by atoms with Crippen molar-refractivity contribution >= 4 is 100 Å². The summed E-state index contributed by atoms with van der Waals surface area (Å²) >= 11 is 0. The van der Waals surface area contributed by atoms with Crippen LogP contribution in [0.3, 0.4) is 0 Å². The summed E-state index contributed by atoms with van der Waals surface area (Å²) in [5.41, 5.74) is 0. The van der Waals surface area contributed by atoms with Gasteiger partial charge in [0.2, 0.25) is 44.3 Å². The number of aliphatic carboxylic acids is 4. The summed E-state index contributed by atoms with van der Waals surface area (Å²) in [6, 6.07) is 0. The number of carbonyl (C=O) groups is 4. The van der Waals surface area contributed by atoms with Crippen LogP contribution in [0, 0.1) is 0 Å². The molecule has 0 radical (unpaired) electrons. The Morgan fingerprint density at radius 1 is 0.223 bits per heavy atom. The standard InChI is InChI=1S/7C10H19N2O2S.2C2H2O4.BO3/c7*1-3-8-15(13,14)9-7-12-6-5-11(4-2)10-12;2*3-1(4)2(5)6;2-1(3)4/h7*5-6,10H,3-4,7-9H2,1-2H3;2*(H,3,4)(H,5,6);/q7*+1;;;-3/p-4. The van der Waals surface area contributed by atoms with Crippen molar-refractivity contribution in [3.05, 3.63) is 131 Å². The molecule has 0 aliphatic carbocycles. The van der Waals surface area contributed by atoms with Gasteiger partial charge in [0.25, 0.3) is 0 Å². The van der Waals surface area contributed by atoms with Crippen molar-refractivity contribution in [1.82, 2.24) is 32.0 Å². The number of carbonyl (C=O) groups excluding carboxylic acids is 4.